The van der Waals surface area contributed by atoms with Crippen molar-refractivity contribution in [2.75, 3.05) is 5.75 Å². The van der Waals surface area contributed by atoms with Gasteiger partial charge in [-0.25, -0.2) is 0 Å². The van der Waals surface area contributed by atoms with Crippen molar-refractivity contribution in [2.24, 2.45) is 0 Å². The van der Waals surface area contributed by atoms with Gasteiger partial charge in [-0.3, -0.25) is 10.1 Å². The maximum absolute atomic E-state index is 10.7. The normalized spacial score (nSPS) is 10.7. The van der Waals surface area contributed by atoms with E-state index >= 15 is 0 Å². The molecule has 0 unspecified atom stereocenters. The Morgan fingerprint density at radius 2 is 2.27 bits per heavy atom. The number of thiol groups is 1. The van der Waals surface area contributed by atoms with Gasteiger partial charge in [-0.1, -0.05) is 12.2 Å². The molecule has 5 heteroatoms. The number of nitro groups is 1. The van der Waals surface area contributed by atoms with Gasteiger partial charge >= 0.3 is 0 Å². The number of hydrogen-bond acceptors (Lipinski definition) is 4. The second-order valence-electron chi connectivity index (χ2n) is 2.91. The fourth-order valence-electron chi connectivity index (χ4n) is 1.12. The second-order valence-corrected chi connectivity index (χ2v) is 3.36. The predicted molar refractivity (Wildman–Crippen MR) is 62.3 cm³/mol. The smallest absolute Gasteiger partial charge is 0.280 e. The zero-order valence-corrected chi connectivity index (χ0v) is 8.85. The molecule has 0 heterocycles. The average Bonchev–Trinajstić information content (AvgIpc) is 2.20. The average molecular weight is 225 g/mol. The minimum atomic E-state index is -0.514. The SMILES string of the molecule is O=[N+]([O-])c1cc(O)ccc1C=CCCS. The summed E-state index contributed by atoms with van der Waals surface area (Å²) in [6, 6.07) is 4.08. The Kier molecular flexibility index (Phi) is 4.17. The van der Waals surface area contributed by atoms with Crippen molar-refractivity contribution < 1.29 is 10.0 Å². The first kappa shape index (κ1) is 11.6. The summed E-state index contributed by atoms with van der Waals surface area (Å²) in [5.41, 5.74) is 0.394. The molecule has 0 aliphatic rings. The molecule has 1 N–H and O–H groups in total. The third kappa shape index (κ3) is 3.28. The van der Waals surface area contributed by atoms with Gasteiger partial charge in [0.2, 0.25) is 0 Å². The molecule has 15 heavy (non-hydrogen) atoms. The van der Waals surface area contributed by atoms with E-state index in [1.165, 1.54) is 12.1 Å². The van der Waals surface area contributed by atoms with Crippen LogP contribution < -0.4 is 0 Å². The topological polar surface area (TPSA) is 63.4 Å². The molecule has 0 aromatic heterocycles. The van der Waals surface area contributed by atoms with Crippen molar-refractivity contribution in [3.8, 4) is 5.75 Å². The van der Waals surface area contributed by atoms with E-state index in [1.807, 2.05) is 6.08 Å². The first-order valence-corrected chi connectivity index (χ1v) is 5.03. The van der Waals surface area contributed by atoms with Crippen LogP contribution >= 0.6 is 12.6 Å². The number of hydrogen-bond donors (Lipinski definition) is 2. The fourth-order valence-corrected chi connectivity index (χ4v) is 1.27. The van der Waals surface area contributed by atoms with Gasteiger partial charge in [0.1, 0.15) is 5.75 Å². The predicted octanol–water partition coefficient (Wildman–Crippen LogP) is 2.63. The van der Waals surface area contributed by atoms with Crippen molar-refractivity contribution in [2.45, 2.75) is 6.42 Å². The van der Waals surface area contributed by atoms with E-state index in [4.69, 9.17) is 5.11 Å². The molecule has 0 bridgehead atoms. The van der Waals surface area contributed by atoms with Gasteiger partial charge < -0.3 is 5.11 Å². The highest BCUT2D eigenvalue weighted by molar-refractivity contribution is 7.80. The third-order valence-electron chi connectivity index (χ3n) is 1.80. The first-order valence-electron chi connectivity index (χ1n) is 4.40. The van der Waals surface area contributed by atoms with Crippen LogP contribution in [0.4, 0.5) is 5.69 Å². The molecular formula is C10H11NO3S. The van der Waals surface area contributed by atoms with Crippen molar-refractivity contribution in [1.29, 1.82) is 0 Å². The summed E-state index contributed by atoms with van der Waals surface area (Å²) < 4.78 is 0. The van der Waals surface area contributed by atoms with Crippen molar-refractivity contribution >= 4 is 24.4 Å². The lowest BCUT2D eigenvalue weighted by atomic mass is 10.1. The van der Waals surface area contributed by atoms with Gasteiger partial charge in [-0.05, 0) is 24.3 Å². The van der Waals surface area contributed by atoms with Crippen LogP contribution in [0.2, 0.25) is 0 Å². The quantitative estimate of drug-likeness (QED) is 0.470. The minimum absolute atomic E-state index is 0.0922. The van der Waals surface area contributed by atoms with E-state index in [9.17, 15) is 10.1 Å². The lowest BCUT2D eigenvalue weighted by Crippen LogP contribution is -1.90. The van der Waals surface area contributed by atoms with E-state index in [1.54, 1.807) is 6.08 Å². The summed E-state index contributed by atoms with van der Waals surface area (Å²) in [6.45, 7) is 0. The van der Waals surface area contributed by atoms with Crippen LogP contribution in [0, 0.1) is 10.1 Å². The number of nitrogens with zero attached hydrogens (tertiary/aromatic N) is 1. The van der Waals surface area contributed by atoms with Crippen LogP contribution in [-0.2, 0) is 0 Å². The molecule has 0 fully saturated rings. The maximum Gasteiger partial charge on any atom is 0.280 e. The van der Waals surface area contributed by atoms with Crippen LogP contribution in [0.15, 0.2) is 24.3 Å². The van der Waals surface area contributed by atoms with Crippen molar-refractivity contribution in [1.82, 2.24) is 0 Å². The van der Waals surface area contributed by atoms with E-state index in [0.717, 1.165) is 12.5 Å². The minimum Gasteiger partial charge on any atom is -0.508 e. The molecule has 80 valence electrons. The van der Waals surface area contributed by atoms with E-state index < -0.39 is 4.92 Å². The number of rotatable bonds is 4. The van der Waals surface area contributed by atoms with Crippen LogP contribution in [0.5, 0.6) is 5.75 Å². The standard InChI is InChI=1S/C10H11NO3S/c12-9-5-4-8(3-1-2-6-15)10(7-9)11(13)14/h1,3-5,7,12,15H,2,6H2. The summed E-state index contributed by atoms with van der Waals surface area (Å²) >= 11 is 4.02. The lowest BCUT2D eigenvalue weighted by Gasteiger charge is -1.98. The molecule has 0 spiro atoms. The molecule has 0 atom stereocenters. The molecule has 1 rings (SSSR count). The molecule has 0 radical (unpaired) electrons. The Morgan fingerprint density at radius 1 is 1.53 bits per heavy atom. The molecule has 0 saturated carbocycles. The Balaban J connectivity index is 3.01. The highest BCUT2D eigenvalue weighted by atomic mass is 32.1. The largest absolute Gasteiger partial charge is 0.508 e. The second kappa shape index (κ2) is 5.41. The van der Waals surface area contributed by atoms with Crippen LogP contribution in [0.3, 0.4) is 0 Å². The van der Waals surface area contributed by atoms with E-state index in [2.05, 4.69) is 12.6 Å². The molecular weight excluding hydrogens is 214 g/mol. The summed E-state index contributed by atoms with van der Waals surface area (Å²) in [5.74, 6) is 0.593. The third-order valence-corrected chi connectivity index (χ3v) is 2.06. The highest BCUT2D eigenvalue weighted by Crippen LogP contribution is 2.24. The van der Waals surface area contributed by atoms with Crippen molar-refractivity contribution in [3.05, 3.63) is 40.0 Å². The van der Waals surface area contributed by atoms with Crippen molar-refractivity contribution in [3.63, 3.8) is 0 Å². The molecule has 4 nitrogen and oxygen atoms in total. The first-order chi connectivity index (χ1) is 7.15. The van der Waals surface area contributed by atoms with Gasteiger partial charge in [0.05, 0.1) is 16.6 Å². The summed E-state index contributed by atoms with van der Waals surface area (Å²) in [4.78, 5) is 10.1. The van der Waals surface area contributed by atoms with Gasteiger partial charge in [0.15, 0.2) is 0 Å². The number of aromatic hydroxyl groups is 1. The molecule has 1 aromatic carbocycles. The molecule has 0 aliphatic carbocycles. The maximum atomic E-state index is 10.7. The molecule has 0 saturated heterocycles. The van der Waals surface area contributed by atoms with Gasteiger partial charge in [-0.2, -0.15) is 12.6 Å². The highest BCUT2D eigenvalue weighted by Gasteiger charge is 2.11. The fraction of sp³-hybridized carbons (Fsp3) is 0.200. The number of phenolic OH excluding ortho intramolecular Hbond substituents is 1. The van der Waals surface area contributed by atoms with Crippen LogP contribution in [0.25, 0.3) is 6.08 Å². The van der Waals surface area contributed by atoms with Gasteiger partial charge in [-0.15, -0.1) is 0 Å². The molecule has 0 aliphatic heterocycles. The Morgan fingerprint density at radius 3 is 2.87 bits per heavy atom. The summed E-state index contributed by atoms with van der Waals surface area (Å²) in [6.07, 6.45) is 4.22. The molecule has 0 amide bonds. The number of allylic oxidation sites excluding steroid dienone is 1. The zero-order chi connectivity index (χ0) is 11.3. The van der Waals surface area contributed by atoms with E-state index in [-0.39, 0.29) is 11.4 Å². The summed E-state index contributed by atoms with van der Waals surface area (Å²) in [5, 5.41) is 19.8. The molecule has 1 aromatic rings. The van der Waals surface area contributed by atoms with Crippen LogP contribution in [-0.4, -0.2) is 15.8 Å². The Bertz CT molecular complexity index is 390. The Labute approximate surface area is 92.8 Å². The number of benzene rings is 1. The number of phenols is 1. The number of nitro benzene ring substituents is 1. The van der Waals surface area contributed by atoms with Gasteiger partial charge in [0.25, 0.3) is 5.69 Å². The van der Waals surface area contributed by atoms with Crippen LogP contribution in [0.1, 0.15) is 12.0 Å². The monoisotopic (exact) mass is 225 g/mol. The zero-order valence-electron chi connectivity index (χ0n) is 7.96. The summed E-state index contributed by atoms with van der Waals surface area (Å²) in [7, 11) is 0. The van der Waals surface area contributed by atoms with Gasteiger partial charge in [0, 0.05) is 0 Å². The Hall–Kier alpha value is -1.49. The lowest BCUT2D eigenvalue weighted by molar-refractivity contribution is -0.385. The van der Waals surface area contributed by atoms with E-state index in [0.29, 0.717) is 11.3 Å².